The number of nitro benzene ring substituents is 1. The molecule has 1 aromatic rings. The summed E-state index contributed by atoms with van der Waals surface area (Å²) < 4.78 is 0.423. The molecule has 8 heteroatoms. The van der Waals surface area contributed by atoms with E-state index in [-0.39, 0.29) is 17.2 Å². The van der Waals surface area contributed by atoms with E-state index in [1.165, 1.54) is 12.1 Å². The van der Waals surface area contributed by atoms with Crippen molar-refractivity contribution in [2.75, 3.05) is 6.54 Å². The minimum absolute atomic E-state index is 0.111. The fourth-order valence-corrected chi connectivity index (χ4v) is 1.97. The quantitative estimate of drug-likeness (QED) is 0.600. The summed E-state index contributed by atoms with van der Waals surface area (Å²) in [6, 6.07) is 3.15. The molecule has 1 unspecified atom stereocenters. The van der Waals surface area contributed by atoms with Gasteiger partial charge in [-0.2, -0.15) is 0 Å². The van der Waals surface area contributed by atoms with Crippen LogP contribution in [-0.2, 0) is 4.79 Å². The third-order valence-electron chi connectivity index (χ3n) is 2.70. The van der Waals surface area contributed by atoms with Crippen molar-refractivity contribution in [1.29, 1.82) is 0 Å². The van der Waals surface area contributed by atoms with Crippen molar-refractivity contribution in [3.63, 3.8) is 0 Å². The third-order valence-corrected chi connectivity index (χ3v) is 3.39. The number of nitrogens with one attached hydrogen (secondary N) is 2. The van der Waals surface area contributed by atoms with Gasteiger partial charge in [-0.15, -0.1) is 0 Å². The predicted molar refractivity (Wildman–Crippen MR) is 81.0 cm³/mol. The van der Waals surface area contributed by atoms with Gasteiger partial charge in [0, 0.05) is 23.2 Å². The molecule has 21 heavy (non-hydrogen) atoms. The Morgan fingerprint density at radius 1 is 1.43 bits per heavy atom. The standard InChI is InChI=1S/C13H16BrN3O4/c1-3-6-15-12(18)8(2)16-13(19)10-7-9(17(20)21)4-5-11(10)14/h4-5,7-8H,3,6H2,1-2H3,(H,15,18)(H,16,19). The largest absolute Gasteiger partial charge is 0.354 e. The number of carbonyl (C=O) groups excluding carboxylic acids is 2. The summed E-state index contributed by atoms with van der Waals surface area (Å²) >= 11 is 3.17. The fourth-order valence-electron chi connectivity index (χ4n) is 1.54. The smallest absolute Gasteiger partial charge is 0.270 e. The van der Waals surface area contributed by atoms with E-state index < -0.39 is 16.9 Å². The minimum atomic E-state index is -0.727. The zero-order chi connectivity index (χ0) is 16.0. The van der Waals surface area contributed by atoms with Crippen LogP contribution in [0, 0.1) is 10.1 Å². The molecule has 0 fully saturated rings. The van der Waals surface area contributed by atoms with Crippen molar-refractivity contribution in [2.45, 2.75) is 26.3 Å². The lowest BCUT2D eigenvalue weighted by Gasteiger charge is -2.14. The van der Waals surface area contributed by atoms with Gasteiger partial charge in [-0.3, -0.25) is 19.7 Å². The van der Waals surface area contributed by atoms with Crippen LogP contribution in [-0.4, -0.2) is 29.3 Å². The Hall–Kier alpha value is -1.96. The van der Waals surface area contributed by atoms with Crippen LogP contribution >= 0.6 is 15.9 Å². The summed E-state index contributed by atoms with van der Waals surface area (Å²) in [5.41, 5.74) is -0.0780. The number of non-ortho nitro benzene ring substituents is 1. The van der Waals surface area contributed by atoms with Gasteiger partial charge >= 0.3 is 0 Å². The molecular formula is C13H16BrN3O4. The van der Waals surface area contributed by atoms with Crippen LogP contribution in [0.4, 0.5) is 5.69 Å². The number of halogens is 1. The first kappa shape index (κ1) is 17.1. The van der Waals surface area contributed by atoms with Crippen LogP contribution in [0.25, 0.3) is 0 Å². The van der Waals surface area contributed by atoms with Crippen LogP contribution in [0.3, 0.4) is 0 Å². The molecule has 7 nitrogen and oxygen atoms in total. The molecule has 2 N–H and O–H groups in total. The monoisotopic (exact) mass is 357 g/mol. The van der Waals surface area contributed by atoms with Crippen molar-refractivity contribution >= 4 is 33.4 Å². The molecule has 0 saturated heterocycles. The van der Waals surface area contributed by atoms with E-state index in [0.717, 1.165) is 12.5 Å². The Kier molecular flexibility index (Phi) is 6.29. The second-order valence-corrected chi connectivity index (χ2v) is 5.26. The van der Waals surface area contributed by atoms with E-state index in [1.807, 2.05) is 6.92 Å². The summed E-state index contributed by atoms with van der Waals surface area (Å²) in [6.45, 7) is 4.00. The first-order chi connectivity index (χ1) is 9.86. The normalized spacial score (nSPS) is 11.6. The van der Waals surface area contributed by atoms with Gasteiger partial charge in [-0.05, 0) is 35.3 Å². The third kappa shape index (κ3) is 4.82. The van der Waals surface area contributed by atoms with Crippen molar-refractivity contribution < 1.29 is 14.5 Å². The van der Waals surface area contributed by atoms with E-state index in [9.17, 15) is 19.7 Å². The van der Waals surface area contributed by atoms with Crippen LogP contribution in [0.15, 0.2) is 22.7 Å². The topological polar surface area (TPSA) is 101 Å². The Morgan fingerprint density at radius 3 is 2.67 bits per heavy atom. The number of nitrogens with zero attached hydrogens (tertiary/aromatic N) is 1. The molecule has 0 heterocycles. The first-order valence-electron chi connectivity index (χ1n) is 6.39. The van der Waals surface area contributed by atoms with Gasteiger partial charge in [0.15, 0.2) is 0 Å². The van der Waals surface area contributed by atoms with E-state index in [4.69, 9.17) is 0 Å². The number of rotatable bonds is 6. The molecule has 0 aliphatic rings. The summed E-state index contributed by atoms with van der Waals surface area (Å²) in [5, 5.41) is 15.9. The summed E-state index contributed by atoms with van der Waals surface area (Å²) in [6.07, 6.45) is 0.794. The number of hydrogen-bond donors (Lipinski definition) is 2. The average molecular weight is 358 g/mol. The molecule has 0 aliphatic heterocycles. The summed E-state index contributed by atoms with van der Waals surface area (Å²) in [4.78, 5) is 33.9. The lowest BCUT2D eigenvalue weighted by molar-refractivity contribution is -0.384. The Balaban J connectivity index is 2.82. The fraction of sp³-hybridized carbons (Fsp3) is 0.385. The number of amides is 2. The maximum Gasteiger partial charge on any atom is 0.270 e. The Labute approximate surface area is 130 Å². The van der Waals surface area contributed by atoms with Crippen molar-refractivity contribution in [3.05, 3.63) is 38.3 Å². The molecule has 0 aliphatic carbocycles. The molecule has 0 saturated carbocycles. The highest BCUT2D eigenvalue weighted by molar-refractivity contribution is 9.10. The highest BCUT2D eigenvalue weighted by Crippen LogP contribution is 2.22. The summed E-state index contributed by atoms with van der Waals surface area (Å²) in [5.74, 6) is -0.850. The van der Waals surface area contributed by atoms with Crippen molar-refractivity contribution in [1.82, 2.24) is 10.6 Å². The molecule has 0 spiro atoms. The Morgan fingerprint density at radius 2 is 2.10 bits per heavy atom. The number of hydrogen-bond acceptors (Lipinski definition) is 4. The molecule has 0 aromatic heterocycles. The summed E-state index contributed by atoms with van der Waals surface area (Å²) in [7, 11) is 0. The SMILES string of the molecule is CCCNC(=O)C(C)NC(=O)c1cc([N+](=O)[O-])ccc1Br. The predicted octanol–water partition coefficient (Wildman–Crippen LogP) is 2.00. The first-order valence-corrected chi connectivity index (χ1v) is 7.18. The molecule has 1 aromatic carbocycles. The molecule has 1 atom stereocenters. The maximum absolute atomic E-state index is 12.1. The van der Waals surface area contributed by atoms with Gasteiger partial charge in [0.25, 0.3) is 11.6 Å². The van der Waals surface area contributed by atoms with Gasteiger partial charge in [-0.25, -0.2) is 0 Å². The van der Waals surface area contributed by atoms with E-state index in [2.05, 4.69) is 26.6 Å². The van der Waals surface area contributed by atoms with Crippen LogP contribution in [0.2, 0.25) is 0 Å². The second kappa shape index (κ2) is 7.72. The van der Waals surface area contributed by atoms with Crippen LogP contribution in [0.1, 0.15) is 30.6 Å². The maximum atomic E-state index is 12.1. The Bertz CT molecular complexity index is 562. The van der Waals surface area contributed by atoms with Gasteiger partial charge < -0.3 is 10.6 Å². The minimum Gasteiger partial charge on any atom is -0.354 e. The van der Waals surface area contributed by atoms with Crippen LogP contribution < -0.4 is 10.6 Å². The van der Waals surface area contributed by atoms with Gasteiger partial charge in [0.2, 0.25) is 5.91 Å². The molecule has 0 radical (unpaired) electrons. The van der Waals surface area contributed by atoms with E-state index >= 15 is 0 Å². The number of benzene rings is 1. The molecule has 0 bridgehead atoms. The van der Waals surface area contributed by atoms with Gasteiger partial charge in [0.1, 0.15) is 6.04 Å². The lowest BCUT2D eigenvalue weighted by atomic mass is 10.1. The lowest BCUT2D eigenvalue weighted by Crippen LogP contribution is -2.45. The second-order valence-electron chi connectivity index (χ2n) is 4.41. The highest BCUT2D eigenvalue weighted by atomic mass is 79.9. The van der Waals surface area contributed by atoms with Gasteiger partial charge in [0.05, 0.1) is 10.5 Å². The zero-order valence-electron chi connectivity index (χ0n) is 11.7. The van der Waals surface area contributed by atoms with E-state index in [1.54, 1.807) is 6.92 Å². The van der Waals surface area contributed by atoms with Crippen molar-refractivity contribution in [2.24, 2.45) is 0 Å². The zero-order valence-corrected chi connectivity index (χ0v) is 13.3. The van der Waals surface area contributed by atoms with Gasteiger partial charge in [-0.1, -0.05) is 6.92 Å². The number of carbonyl (C=O) groups is 2. The average Bonchev–Trinajstić information content (AvgIpc) is 2.44. The van der Waals surface area contributed by atoms with Crippen molar-refractivity contribution in [3.8, 4) is 0 Å². The molecule has 2 amide bonds. The molecule has 114 valence electrons. The molecular weight excluding hydrogens is 342 g/mol. The number of nitro groups is 1. The van der Waals surface area contributed by atoms with Crippen LogP contribution in [0.5, 0.6) is 0 Å². The van der Waals surface area contributed by atoms with E-state index in [0.29, 0.717) is 11.0 Å². The highest BCUT2D eigenvalue weighted by Gasteiger charge is 2.20. The molecule has 1 rings (SSSR count).